The Morgan fingerprint density at radius 2 is 1.62 bits per heavy atom. The molecule has 0 N–H and O–H groups in total. The van der Waals surface area contributed by atoms with Crippen LogP contribution >= 0.6 is 0 Å². The first-order chi connectivity index (χ1) is 17.8. The Labute approximate surface area is 215 Å². The van der Waals surface area contributed by atoms with Gasteiger partial charge in [0.05, 0.1) is 23.4 Å². The first-order valence-corrected chi connectivity index (χ1v) is 13.1. The third-order valence-corrected chi connectivity index (χ3v) is 9.06. The van der Waals surface area contributed by atoms with E-state index in [9.17, 15) is 19.2 Å². The molecule has 188 valence electrons. The van der Waals surface area contributed by atoms with Gasteiger partial charge < -0.3 is 9.64 Å². The standard InChI is InChI=1S/C30H28N2O5/c1-15-4-3-5-18(10-15)31-14-17(12-25(31)33)30(36)37-19-6-9-24(16(2)11-19)32-28(34)26-20-7-8-21(23-13-22(20)23)27(26)29(32)35/h3-11,17,20-23,26-27H,12-14H2,1-2H3/t17-,20+,21+,22+,23+,26-,27-/m1/s1. The number of rotatable bonds is 4. The maximum atomic E-state index is 13.4. The van der Waals surface area contributed by atoms with Crippen LogP contribution in [0.1, 0.15) is 24.0 Å². The summed E-state index contributed by atoms with van der Waals surface area (Å²) in [4.78, 5) is 55.4. The molecule has 2 saturated carbocycles. The molecule has 7 heteroatoms. The van der Waals surface area contributed by atoms with E-state index in [0.29, 0.717) is 28.8 Å². The smallest absolute Gasteiger partial charge is 0.316 e. The van der Waals surface area contributed by atoms with Crippen molar-refractivity contribution in [1.29, 1.82) is 0 Å². The van der Waals surface area contributed by atoms with Crippen LogP contribution in [-0.2, 0) is 19.2 Å². The zero-order valence-corrected chi connectivity index (χ0v) is 20.8. The molecule has 0 radical (unpaired) electrons. The molecule has 8 rings (SSSR count). The van der Waals surface area contributed by atoms with E-state index in [2.05, 4.69) is 12.2 Å². The summed E-state index contributed by atoms with van der Waals surface area (Å²) >= 11 is 0. The molecule has 4 fully saturated rings. The predicted octanol–water partition coefficient (Wildman–Crippen LogP) is 3.82. The van der Waals surface area contributed by atoms with Crippen LogP contribution in [0, 0.1) is 55.3 Å². The van der Waals surface area contributed by atoms with Gasteiger partial charge in [-0.15, -0.1) is 0 Å². The van der Waals surface area contributed by atoms with E-state index >= 15 is 0 Å². The molecule has 3 amide bonds. The number of allylic oxidation sites excluding steroid dienone is 2. The van der Waals surface area contributed by atoms with E-state index in [0.717, 1.165) is 17.7 Å². The summed E-state index contributed by atoms with van der Waals surface area (Å²) < 4.78 is 5.65. The minimum absolute atomic E-state index is 0.0990. The number of hydrogen-bond acceptors (Lipinski definition) is 5. The number of imide groups is 1. The summed E-state index contributed by atoms with van der Waals surface area (Å²) in [6.45, 7) is 4.05. The fourth-order valence-corrected chi connectivity index (χ4v) is 7.25. The summed E-state index contributed by atoms with van der Waals surface area (Å²) in [6, 6.07) is 12.7. The number of anilines is 2. The van der Waals surface area contributed by atoms with Crippen molar-refractivity contribution < 1.29 is 23.9 Å². The molecule has 7 nitrogen and oxygen atoms in total. The maximum Gasteiger partial charge on any atom is 0.316 e. The Balaban J connectivity index is 1.07. The Morgan fingerprint density at radius 1 is 0.919 bits per heavy atom. The van der Waals surface area contributed by atoms with Crippen LogP contribution in [0.25, 0.3) is 0 Å². The van der Waals surface area contributed by atoms with Crippen LogP contribution in [0.4, 0.5) is 11.4 Å². The lowest BCUT2D eigenvalue weighted by Gasteiger charge is -2.37. The molecule has 4 aliphatic carbocycles. The summed E-state index contributed by atoms with van der Waals surface area (Å²) in [7, 11) is 0. The van der Waals surface area contributed by atoms with Crippen LogP contribution in [0.2, 0.25) is 0 Å². The minimum Gasteiger partial charge on any atom is -0.426 e. The Hall–Kier alpha value is -3.74. The summed E-state index contributed by atoms with van der Waals surface area (Å²) in [5.41, 5.74) is 3.07. The number of hydrogen-bond donors (Lipinski definition) is 0. The van der Waals surface area contributed by atoms with Gasteiger partial charge in [0.25, 0.3) is 0 Å². The number of carbonyl (C=O) groups excluding carboxylic acids is 4. The first kappa shape index (κ1) is 22.5. The summed E-state index contributed by atoms with van der Waals surface area (Å²) in [6.07, 6.45) is 5.56. The van der Waals surface area contributed by atoms with Gasteiger partial charge in [0, 0.05) is 18.7 Å². The molecule has 2 bridgehead atoms. The SMILES string of the molecule is Cc1cccc(N2C[C@H](C(=O)Oc3ccc(N4C(=O)[C@@H]5[C@H]6C=C[C@@H]([C@@H]7C[C@@H]67)[C@H]5C4=O)c(C)c3)CC2=O)c1. The third-order valence-electron chi connectivity index (χ3n) is 9.06. The molecule has 6 aliphatic rings. The van der Waals surface area contributed by atoms with Crippen molar-refractivity contribution in [3.63, 3.8) is 0 Å². The molecule has 2 heterocycles. The van der Waals surface area contributed by atoms with Crippen LogP contribution in [-0.4, -0.2) is 30.2 Å². The van der Waals surface area contributed by atoms with Gasteiger partial charge in [-0.2, -0.15) is 0 Å². The molecule has 0 unspecified atom stereocenters. The largest absolute Gasteiger partial charge is 0.426 e. The number of amides is 3. The van der Waals surface area contributed by atoms with E-state index in [-0.39, 0.29) is 54.4 Å². The molecule has 2 aromatic carbocycles. The predicted molar refractivity (Wildman–Crippen MR) is 136 cm³/mol. The second-order valence-electron chi connectivity index (χ2n) is 11.3. The quantitative estimate of drug-likeness (QED) is 0.278. The lowest BCUT2D eigenvalue weighted by atomic mass is 9.63. The van der Waals surface area contributed by atoms with E-state index in [1.54, 1.807) is 23.1 Å². The van der Waals surface area contributed by atoms with Crippen LogP contribution in [0.3, 0.4) is 0 Å². The number of esters is 1. The normalized spacial score (nSPS) is 33.1. The van der Waals surface area contributed by atoms with Crippen LogP contribution in [0.5, 0.6) is 5.75 Å². The van der Waals surface area contributed by atoms with E-state index in [4.69, 9.17) is 4.74 Å². The van der Waals surface area contributed by atoms with Crippen molar-refractivity contribution in [2.75, 3.05) is 16.3 Å². The topological polar surface area (TPSA) is 84.0 Å². The number of ether oxygens (including phenoxy) is 1. The van der Waals surface area contributed by atoms with Gasteiger partial charge in [0.2, 0.25) is 17.7 Å². The molecule has 0 aromatic heterocycles. The molecule has 7 atom stereocenters. The fourth-order valence-electron chi connectivity index (χ4n) is 7.25. The van der Waals surface area contributed by atoms with Crippen LogP contribution < -0.4 is 14.5 Å². The number of nitrogens with zero attached hydrogens (tertiary/aromatic N) is 2. The summed E-state index contributed by atoms with van der Waals surface area (Å²) in [5, 5.41) is 0. The molecular formula is C30H28N2O5. The highest BCUT2D eigenvalue weighted by molar-refractivity contribution is 6.23. The second kappa shape index (κ2) is 7.88. The molecule has 0 spiro atoms. The molecular weight excluding hydrogens is 468 g/mol. The molecule has 2 aliphatic heterocycles. The van der Waals surface area contributed by atoms with Crippen molar-refractivity contribution in [3.8, 4) is 5.75 Å². The molecule has 2 saturated heterocycles. The molecule has 2 aromatic rings. The van der Waals surface area contributed by atoms with E-state index in [1.807, 2.05) is 38.1 Å². The average Bonchev–Trinajstić information content (AvgIpc) is 3.55. The zero-order chi connectivity index (χ0) is 25.6. The van der Waals surface area contributed by atoms with Crippen LogP contribution in [0.15, 0.2) is 54.6 Å². The van der Waals surface area contributed by atoms with Crippen molar-refractivity contribution in [3.05, 3.63) is 65.7 Å². The van der Waals surface area contributed by atoms with Gasteiger partial charge in [-0.25, -0.2) is 4.90 Å². The maximum absolute atomic E-state index is 13.4. The highest BCUT2D eigenvalue weighted by Gasteiger charge is 2.67. The van der Waals surface area contributed by atoms with Gasteiger partial charge in [-0.1, -0.05) is 24.3 Å². The van der Waals surface area contributed by atoms with Gasteiger partial charge in [-0.05, 0) is 85.4 Å². The Kier molecular flexibility index (Phi) is 4.78. The number of benzene rings is 2. The summed E-state index contributed by atoms with van der Waals surface area (Å²) in [5.74, 6) is -0.0319. The first-order valence-electron chi connectivity index (χ1n) is 13.1. The minimum atomic E-state index is -0.563. The van der Waals surface area contributed by atoms with Gasteiger partial charge in [0.1, 0.15) is 5.75 Å². The molecule has 37 heavy (non-hydrogen) atoms. The lowest BCUT2D eigenvalue weighted by molar-refractivity contribution is -0.139. The Morgan fingerprint density at radius 3 is 2.27 bits per heavy atom. The highest BCUT2D eigenvalue weighted by Crippen LogP contribution is 2.65. The van der Waals surface area contributed by atoms with Crippen molar-refractivity contribution in [2.45, 2.75) is 26.7 Å². The number of carbonyl (C=O) groups is 4. The Bertz CT molecular complexity index is 1380. The average molecular weight is 497 g/mol. The second-order valence-corrected chi connectivity index (χ2v) is 11.3. The van der Waals surface area contributed by atoms with Gasteiger partial charge in [-0.3, -0.25) is 19.2 Å². The van der Waals surface area contributed by atoms with E-state index < -0.39 is 11.9 Å². The highest BCUT2D eigenvalue weighted by atomic mass is 16.5. The monoisotopic (exact) mass is 496 g/mol. The van der Waals surface area contributed by atoms with Crippen molar-refractivity contribution in [1.82, 2.24) is 0 Å². The fraction of sp³-hybridized carbons (Fsp3) is 0.400. The lowest BCUT2D eigenvalue weighted by Crippen LogP contribution is -2.40. The van der Waals surface area contributed by atoms with Crippen molar-refractivity contribution in [2.24, 2.45) is 41.4 Å². The van der Waals surface area contributed by atoms with Gasteiger partial charge in [0.15, 0.2) is 0 Å². The zero-order valence-electron chi connectivity index (χ0n) is 20.8. The third kappa shape index (κ3) is 3.32. The van der Waals surface area contributed by atoms with E-state index in [1.165, 1.54) is 4.90 Å². The van der Waals surface area contributed by atoms with Crippen molar-refractivity contribution >= 4 is 35.1 Å². The van der Waals surface area contributed by atoms with Gasteiger partial charge >= 0.3 is 5.97 Å². The number of aryl methyl sites for hydroxylation is 2.